The standard InChI is InChI=1S/C11H13ClN2O2/c1-13-11(16)6-14(2)10-4-3-8(7-15)5-9(10)12/h3-5,7H,6H2,1-2H3,(H,13,16). The largest absolute Gasteiger partial charge is 0.364 e. The van der Waals surface area contributed by atoms with Gasteiger partial charge in [-0.2, -0.15) is 0 Å². The maximum atomic E-state index is 11.2. The molecule has 0 aliphatic heterocycles. The molecule has 0 heterocycles. The Kier molecular flexibility index (Phi) is 4.31. The second-order valence-corrected chi connectivity index (χ2v) is 3.77. The van der Waals surface area contributed by atoms with Gasteiger partial charge in [-0.1, -0.05) is 11.6 Å². The third-order valence-electron chi connectivity index (χ3n) is 2.18. The zero-order valence-corrected chi connectivity index (χ0v) is 9.91. The molecule has 1 aromatic carbocycles. The summed E-state index contributed by atoms with van der Waals surface area (Å²) in [4.78, 5) is 23.4. The Bertz CT molecular complexity index is 407. The highest BCUT2D eigenvalue weighted by Crippen LogP contribution is 2.25. The van der Waals surface area contributed by atoms with E-state index >= 15 is 0 Å². The first-order valence-corrected chi connectivity index (χ1v) is 5.12. The Morgan fingerprint density at radius 1 is 1.56 bits per heavy atom. The van der Waals surface area contributed by atoms with Crippen molar-refractivity contribution in [1.29, 1.82) is 0 Å². The molecule has 4 nitrogen and oxygen atoms in total. The van der Waals surface area contributed by atoms with Crippen molar-refractivity contribution in [3.05, 3.63) is 28.8 Å². The fraction of sp³-hybridized carbons (Fsp3) is 0.273. The van der Waals surface area contributed by atoms with Gasteiger partial charge in [0, 0.05) is 19.7 Å². The lowest BCUT2D eigenvalue weighted by molar-refractivity contribution is -0.119. The molecule has 0 atom stereocenters. The van der Waals surface area contributed by atoms with Gasteiger partial charge in [0.05, 0.1) is 17.3 Å². The number of nitrogens with zero attached hydrogens (tertiary/aromatic N) is 1. The summed E-state index contributed by atoms with van der Waals surface area (Å²) in [5.41, 5.74) is 1.23. The van der Waals surface area contributed by atoms with Gasteiger partial charge >= 0.3 is 0 Å². The van der Waals surface area contributed by atoms with E-state index in [1.165, 1.54) is 0 Å². The summed E-state index contributed by atoms with van der Waals surface area (Å²) in [7, 11) is 3.34. The van der Waals surface area contributed by atoms with E-state index in [0.29, 0.717) is 10.6 Å². The molecule has 0 aromatic heterocycles. The van der Waals surface area contributed by atoms with Crippen LogP contribution in [-0.2, 0) is 4.79 Å². The lowest BCUT2D eigenvalue weighted by Crippen LogP contribution is -2.33. The number of rotatable bonds is 4. The Morgan fingerprint density at radius 2 is 2.25 bits per heavy atom. The van der Waals surface area contributed by atoms with E-state index in [0.717, 1.165) is 12.0 Å². The number of carbonyl (C=O) groups is 2. The van der Waals surface area contributed by atoms with Crippen LogP contribution in [0.15, 0.2) is 18.2 Å². The average molecular weight is 241 g/mol. The molecular formula is C11H13ClN2O2. The summed E-state index contributed by atoms with van der Waals surface area (Å²) in [6.07, 6.45) is 0.731. The molecule has 0 saturated carbocycles. The topological polar surface area (TPSA) is 49.4 Å². The number of halogens is 1. The molecule has 1 aromatic rings. The fourth-order valence-corrected chi connectivity index (χ4v) is 1.62. The van der Waals surface area contributed by atoms with E-state index in [4.69, 9.17) is 11.6 Å². The van der Waals surface area contributed by atoms with Crippen LogP contribution in [0.25, 0.3) is 0 Å². The van der Waals surface area contributed by atoms with Gasteiger partial charge in [0.2, 0.25) is 5.91 Å². The molecule has 1 amide bonds. The second-order valence-electron chi connectivity index (χ2n) is 3.36. The van der Waals surface area contributed by atoms with Crippen molar-refractivity contribution in [3.63, 3.8) is 0 Å². The highest BCUT2D eigenvalue weighted by molar-refractivity contribution is 6.33. The van der Waals surface area contributed by atoms with Gasteiger partial charge in [0.25, 0.3) is 0 Å². The van der Waals surface area contributed by atoms with Gasteiger partial charge in [0.1, 0.15) is 6.29 Å². The van der Waals surface area contributed by atoms with Crippen LogP contribution >= 0.6 is 11.6 Å². The van der Waals surface area contributed by atoms with Crippen LogP contribution in [0.1, 0.15) is 10.4 Å². The summed E-state index contributed by atoms with van der Waals surface area (Å²) < 4.78 is 0. The van der Waals surface area contributed by atoms with Gasteiger partial charge < -0.3 is 10.2 Å². The first-order valence-electron chi connectivity index (χ1n) is 4.75. The second kappa shape index (κ2) is 5.51. The number of hydrogen-bond acceptors (Lipinski definition) is 3. The molecule has 0 fully saturated rings. The minimum absolute atomic E-state index is 0.0990. The van der Waals surface area contributed by atoms with Crippen molar-refractivity contribution in [2.45, 2.75) is 0 Å². The quantitative estimate of drug-likeness (QED) is 0.808. The summed E-state index contributed by atoms with van der Waals surface area (Å²) in [6.45, 7) is 0.219. The zero-order chi connectivity index (χ0) is 12.1. The van der Waals surface area contributed by atoms with Crippen LogP contribution in [0.4, 0.5) is 5.69 Å². The van der Waals surface area contributed by atoms with E-state index in [2.05, 4.69) is 5.32 Å². The Hall–Kier alpha value is -1.55. The maximum Gasteiger partial charge on any atom is 0.239 e. The van der Waals surface area contributed by atoms with E-state index in [-0.39, 0.29) is 12.5 Å². The number of benzene rings is 1. The number of aldehydes is 1. The van der Waals surface area contributed by atoms with Crippen LogP contribution < -0.4 is 10.2 Å². The summed E-state index contributed by atoms with van der Waals surface area (Å²) >= 11 is 6.00. The zero-order valence-electron chi connectivity index (χ0n) is 9.16. The minimum Gasteiger partial charge on any atom is -0.364 e. The molecule has 0 aliphatic carbocycles. The van der Waals surface area contributed by atoms with Crippen LogP contribution in [0.3, 0.4) is 0 Å². The van der Waals surface area contributed by atoms with Gasteiger partial charge in [-0.3, -0.25) is 9.59 Å². The molecule has 0 aliphatic rings. The summed E-state index contributed by atoms with van der Waals surface area (Å²) in [5, 5.41) is 2.98. The SMILES string of the molecule is CNC(=O)CN(C)c1ccc(C=O)cc1Cl. The van der Waals surface area contributed by atoms with E-state index < -0.39 is 0 Å². The van der Waals surface area contributed by atoms with Gasteiger partial charge in [-0.05, 0) is 18.2 Å². The number of hydrogen-bond donors (Lipinski definition) is 1. The molecule has 16 heavy (non-hydrogen) atoms. The predicted octanol–water partition coefficient (Wildman–Crippen LogP) is 1.33. The number of carbonyl (C=O) groups excluding carboxylic acids is 2. The Labute approximate surface area is 99.2 Å². The normalized spacial score (nSPS) is 9.69. The molecular weight excluding hydrogens is 228 g/mol. The lowest BCUT2D eigenvalue weighted by Gasteiger charge is -2.19. The van der Waals surface area contributed by atoms with Gasteiger partial charge in [-0.15, -0.1) is 0 Å². The van der Waals surface area contributed by atoms with Gasteiger partial charge in [-0.25, -0.2) is 0 Å². The van der Waals surface area contributed by atoms with Crippen molar-refractivity contribution >= 4 is 29.5 Å². The summed E-state index contributed by atoms with van der Waals surface area (Å²) in [5.74, 6) is -0.0990. The average Bonchev–Trinajstić information content (AvgIpc) is 2.28. The molecule has 1 N–H and O–H groups in total. The molecule has 0 bridgehead atoms. The third-order valence-corrected chi connectivity index (χ3v) is 2.48. The van der Waals surface area contributed by atoms with Crippen molar-refractivity contribution in [2.75, 3.05) is 25.5 Å². The summed E-state index contributed by atoms with van der Waals surface area (Å²) in [6, 6.07) is 4.95. The highest BCUT2D eigenvalue weighted by atomic mass is 35.5. The van der Waals surface area contributed by atoms with E-state index in [1.54, 1.807) is 37.2 Å². The molecule has 0 spiro atoms. The molecule has 0 saturated heterocycles. The molecule has 5 heteroatoms. The predicted molar refractivity (Wildman–Crippen MR) is 64.2 cm³/mol. The first-order chi connectivity index (χ1) is 7.58. The maximum absolute atomic E-state index is 11.2. The third kappa shape index (κ3) is 2.97. The highest BCUT2D eigenvalue weighted by Gasteiger charge is 2.09. The van der Waals surface area contributed by atoms with Crippen LogP contribution in [0.5, 0.6) is 0 Å². The van der Waals surface area contributed by atoms with Crippen molar-refractivity contribution in [3.8, 4) is 0 Å². The van der Waals surface area contributed by atoms with Crippen molar-refractivity contribution < 1.29 is 9.59 Å². The van der Waals surface area contributed by atoms with Crippen LogP contribution in [0, 0.1) is 0 Å². The van der Waals surface area contributed by atoms with Crippen molar-refractivity contribution in [1.82, 2.24) is 5.32 Å². The lowest BCUT2D eigenvalue weighted by atomic mass is 10.2. The number of anilines is 1. The number of amides is 1. The number of likely N-dealkylation sites (N-methyl/N-ethyl adjacent to an activating group) is 2. The Morgan fingerprint density at radius 3 is 2.75 bits per heavy atom. The molecule has 86 valence electrons. The minimum atomic E-state index is -0.0990. The molecule has 1 rings (SSSR count). The number of nitrogens with one attached hydrogen (secondary N) is 1. The fourth-order valence-electron chi connectivity index (χ4n) is 1.29. The molecule has 0 radical (unpaired) electrons. The van der Waals surface area contributed by atoms with Crippen molar-refractivity contribution in [2.24, 2.45) is 0 Å². The monoisotopic (exact) mass is 240 g/mol. The molecule has 0 unspecified atom stereocenters. The van der Waals surface area contributed by atoms with Gasteiger partial charge in [0.15, 0.2) is 0 Å². The smallest absolute Gasteiger partial charge is 0.239 e. The van der Waals surface area contributed by atoms with Crippen LogP contribution in [0.2, 0.25) is 5.02 Å². The van der Waals surface area contributed by atoms with Crippen LogP contribution in [-0.4, -0.2) is 32.8 Å². The first kappa shape index (κ1) is 12.5. The Balaban J connectivity index is 2.87. The van der Waals surface area contributed by atoms with E-state index in [9.17, 15) is 9.59 Å². The van der Waals surface area contributed by atoms with E-state index in [1.807, 2.05) is 0 Å².